The molecule has 118 valence electrons. The molecule has 1 N–H and O–H groups in total. The highest BCUT2D eigenvalue weighted by Gasteiger charge is 2.28. The van der Waals surface area contributed by atoms with Gasteiger partial charge in [-0.15, -0.1) is 0 Å². The minimum Gasteiger partial charge on any atom is -0.482 e. The number of benzene rings is 1. The van der Waals surface area contributed by atoms with Gasteiger partial charge < -0.3 is 14.8 Å². The maximum Gasteiger partial charge on any atom is 0.422 e. The molecule has 0 aromatic heterocycles. The third-order valence-corrected chi connectivity index (χ3v) is 3.33. The molecule has 1 unspecified atom stereocenters. The van der Waals surface area contributed by atoms with Crippen LogP contribution in [0.15, 0.2) is 18.2 Å². The third kappa shape index (κ3) is 5.46. The van der Waals surface area contributed by atoms with Crippen LogP contribution in [0.4, 0.5) is 18.9 Å². The van der Waals surface area contributed by atoms with Gasteiger partial charge in [-0.25, -0.2) is 0 Å². The highest BCUT2D eigenvalue weighted by atomic mass is 19.4. The van der Waals surface area contributed by atoms with Crippen LogP contribution in [0.1, 0.15) is 24.8 Å². The molecule has 1 saturated heterocycles. The zero-order chi connectivity index (χ0) is 15.3. The van der Waals surface area contributed by atoms with Crippen molar-refractivity contribution in [2.24, 2.45) is 0 Å². The predicted molar refractivity (Wildman–Crippen MR) is 74.8 cm³/mol. The zero-order valence-corrected chi connectivity index (χ0v) is 12.0. The number of aryl methyl sites for hydroxylation is 1. The van der Waals surface area contributed by atoms with E-state index in [0.29, 0.717) is 12.2 Å². The molecule has 0 spiro atoms. The molecule has 1 aliphatic rings. The summed E-state index contributed by atoms with van der Waals surface area (Å²) in [6.45, 7) is 1.98. The van der Waals surface area contributed by atoms with Crippen LogP contribution in [-0.2, 0) is 4.74 Å². The van der Waals surface area contributed by atoms with Gasteiger partial charge >= 0.3 is 6.18 Å². The van der Waals surface area contributed by atoms with Gasteiger partial charge in [0.15, 0.2) is 6.61 Å². The fourth-order valence-electron chi connectivity index (χ4n) is 2.29. The standard InChI is InChI=1S/C15H20F3NO2/c1-11-4-5-13(14(9-11)21-10-15(16,17)18)19-7-6-12-3-2-8-20-12/h4-5,9,12,19H,2-3,6-8,10H2,1H3. The van der Waals surface area contributed by atoms with Crippen LogP contribution in [0.2, 0.25) is 0 Å². The van der Waals surface area contributed by atoms with Crippen molar-refractivity contribution in [2.75, 3.05) is 25.1 Å². The molecular weight excluding hydrogens is 283 g/mol. The minimum atomic E-state index is -4.33. The normalized spacial score (nSPS) is 18.8. The van der Waals surface area contributed by atoms with Gasteiger partial charge in [0, 0.05) is 13.2 Å². The molecule has 1 aromatic carbocycles. The average Bonchev–Trinajstić information content (AvgIpc) is 2.91. The van der Waals surface area contributed by atoms with Crippen molar-refractivity contribution in [1.29, 1.82) is 0 Å². The van der Waals surface area contributed by atoms with Crippen molar-refractivity contribution < 1.29 is 22.6 Å². The SMILES string of the molecule is Cc1ccc(NCCC2CCCO2)c(OCC(F)(F)F)c1. The number of rotatable bonds is 6. The second-order valence-corrected chi connectivity index (χ2v) is 5.25. The van der Waals surface area contributed by atoms with Crippen LogP contribution in [0.25, 0.3) is 0 Å². The summed E-state index contributed by atoms with van der Waals surface area (Å²) in [5.41, 5.74) is 1.44. The molecule has 1 fully saturated rings. The number of hydrogen-bond acceptors (Lipinski definition) is 3. The van der Waals surface area contributed by atoms with Gasteiger partial charge in [0.25, 0.3) is 0 Å². The fourth-order valence-corrected chi connectivity index (χ4v) is 2.29. The Hall–Kier alpha value is -1.43. The number of halogens is 3. The summed E-state index contributed by atoms with van der Waals surface area (Å²) in [6, 6.07) is 5.20. The highest BCUT2D eigenvalue weighted by molar-refractivity contribution is 5.57. The van der Waals surface area contributed by atoms with Crippen LogP contribution in [0.3, 0.4) is 0 Å². The van der Waals surface area contributed by atoms with E-state index in [2.05, 4.69) is 5.32 Å². The van der Waals surface area contributed by atoms with Gasteiger partial charge in [0.2, 0.25) is 0 Å². The number of nitrogens with one attached hydrogen (secondary N) is 1. The summed E-state index contributed by atoms with van der Waals surface area (Å²) >= 11 is 0. The predicted octanol–water partition coefficient (Wildman–Crippen LogP) is 3.92. The number of alkyl halides is 3. The molecule has 0 bridgehead atoms. The Balaban J connectivity index is 1.90. The minimum absolute atomic E-state index is 0.236. The van der Waals surface area contributed by atoms with Crippen molar-refractivity contribution in [3.8, 4) is 5.75 Å². The molecule has 0 aliphatic carbocycles. The third-order valence-electron chi connectivity index (χ3n) is 3.33. The Kier molecular flexibility index (Phi) is 5.33. The van der Waals surface area contributed by atoms with Crippen molar-refractivity contribution in [1.82, 2.24) is 0 Å². The summed E-state index contributed by atoms with van der Waals surface area (Å²) in [5, 5.41) is 3.13. The largest absolute Gasteiger partial charge is 0.482 e. The molecule has 1 aliphatic heterocycles. The lowest BCUT2D eigenvalue weighted by Crippen LogP contribution is -2.20. The van der Waals surface area contributed by atoms with Crippen LogP contribution in [-0.4, -0.2) is 32.0 Å². The van der Waals surface area contributed by atoms with Crippen LogP contribution >= 0.6 is 0 Å². The lowest BCUT2D eigenvalue weighted by atomic mass is 10.1. The quantitative estimate of drug-likeness (QED) is 0.864. The maximum atomic E-state index is 12.3. The number of anilines is 1. The molecule has 2 rings (SSSR count). The lowest BCUT2D eigenvalue weighted by Gasteiger charge is -2.16. The second-order valence-electron chi connectivity index (χ2n) is 5.25. The molecule has 6 heteroatoms. The topological polar surface area (TPSA) is 30.5 Å². The molecular formula is C15H20F3NO2. The lowest BCUT2D eigenvalue weighted by molar-refractivity contribution is -0.153. The van der Waals surface area contributed by atoms with Gasteiger partial charge in [-0.1, -0.05) is 6.07 Å². The summed E-state index contributed by atoms with van der Waals surface area (Å²) in [5.74, 6) is 0.236. The van der Waals surface area contributed by atoms with Gasteiger partial charge in [-0.05, 0) is 43.9 Å². The van der Waals surface area contributed by atoms with Crippen LogP contribution in [0, 0.1) is 6.92 Å². The van der Waals surface area contributed by atoms with Gasteiger partial charge in [-0.3, -0.25) is 0 Å². The Bertz CT molecular complexity index is 457. The molecule has 1 aromatic rings. The van der Waals surface area contributed by atoms with Crippen molar-refractivity contribution in [3.63, 3.8) is 0 Å². The molecule has 0 radical (unpaired) electrons. The Morgan fingerprint density at radius 1 is 1.38 bits per heavy atom. The molecule has 0 saturated carbocycles. The molecule has 21 heavy (non-hydrogen) atoms. The monoisotopic (exact) mass is 303 g/mol. The summed E-state index contributed by atoms with van der Waals surface area (Å²) in [7, 11) is 0. The Labute approximate surface area is 122 Å². The molecule has 0 amide bonds. The molecule has 1 atom stereocenters. The fraction of sp³-hybridized carbons (Fsp3) is 0.600. The number of ether oxygens (including phenoxy) is 2. The van der Waals surface area contributed by atoms with Crippen LogP contribution < -0.4 is 10.1 Å². The zero-order valence-electron chi connectivity index (χ0n) is 12.0. The van der Waals surface area contributed by atoms with E-state index in [-0.39, 0.29) is 11.9 Å². The smallest absolute Gasteiger partial charge is 0.422 e. The highest BCUT2D eigenvalue weighted by Crippen LogP contribution is 2.28. The summed E-state index contributed by atoms with van der Waals surface area (Å²) in [6.07, 6.45) is -1.12. The van der Waals surface area contributed by atoms with E-state index in [1.165, 1.54) is 0 Å². The van der Waals surface area contributed by atoms with E-state index < -0.39 is 12.8 Å². The summed E-state index contributed by atoms with van der Waals surface area (Å²) < 4.78 is 47.2. The Morgan fingerprint density at radius 2 is 2.19 bits per heavy atom. The van der Waals surface area contributed by atoms with E-state index in [4.69, 9.17) is 9.47 Å². The second kappa shape index (κ2) is 7.02. The van der Waals surface area contributed by atoms with Gasteiger partial charge in [0.1, 0.15) is 5.75 Å². The van der Waals surface area contributed by atoms with Crippen molar-refractivity contribution in [2.45, 2.75) is 38.5 Å². The van der Waals surface area contributed by atoms with Gasteiger partial charge in [-0.2, -0.15) is 13.2 Å². The maximum absolute atomic E-state index is 12.3. The van der Waals surface area contributed by atoms with E-state index in [0.717, 1.165) is 31.4 Å². The average molecular weight is 303 g/mol. The summed E-state index contributed by atoms with van der Waals surface area (Å²) in [4.78, 5) is 0. The van der Waals surface area contributed by atoms with E-state index in [1.807, 2.05) is 13.0 Å². The van der Waals surface area contributed by atoms with Crippen molar-refractivity contribution >= 4 is 5.69 Å². The first-order valence-corrected chi connectivity index (χ1v) is 7.10. The molecule has 1 heterocycles. The first kappa shape index (κ1) is 15.9. The van der Waals surface area contributed by atoms with Crippen LogP contribution in [0.5, 0.6) is 5.75 Å². The first-order chi connectivity index (χ1) is 9.94. The van der Waals surface area contributed by atoms with Gasteiger partial charge in [0.05, 0.1) is 11.8 Å². The van der Waals surface area contributed by atoms with E-state index in [9.17, 15) is 13.2 Å². The first-order valence-electron chi connectivity index (χ1n) is 7.10. The van der Waals surface area contributed by atoms with E-state index in [1.54, 1.807) is 12.1 Å². The Morgan fingerprint density at radius 3 is 2.86 bits per heavy atom. The number of hydrogen-bond donors (Lipinski definition) is 1. The van der Waals surface area contributed by atoms with Crippen molar-refractivity contribution in [3.05, 3.63) is 23.8 Å². The molecule has 3 nitrogen and oxygen atoms in total. The van der Waals surface area contributed by atoms with E-state index >= 15 is 0 Å².